The number of anilines is 1. The Hall–Kier alpha value is -4.20. The number of aromatic nitrogens is 2. The van der Waals surface area contributed by atoms with Crippen molar-refractivity contribution in [3.05, 3.63) is 88.5 Å². The van der Waals surface area contributed by atoms with Gasteiger partial charge >= 0.3 is 5.97 Å². The summed E-state index contributed by atoms with van der Waals surface area (Å²) >= 11 is 0. The summed E-state index contributed by atoms with van der Waals surface area (Å²) in [5.41, 5.74) is 7.57. The maximum absolute atomic E-state index is 15.7. The molecule has 2 aliphatic heterocycles. The Labute approximate surface area is 244 Å². The smallest absolute Gasteiger partial charge is 0.310 e. The Morgan fingerprint density at radius 2 is 1.83 bits per heavy atom. The molecule has 1 amide bonds. The van der Waals surface area contributed by atoms with Crippen molar-refractivity contribution in [3.63, 3.8) is 0 Å². The standard InChI is InChI=1S/C34H35FN4O3/c1-20-27-7-5-4-6-22(27)13-15-38(20)33(40)25-16-29(23-8-9-23)32-36-31(21(2)39(32)19-25)28-11-10-26(17-30(28)35)37-14-12-24(18-37)34(41)42-3/h4-7,10-11,16-17,19-20,23-24H,8-9,12-15,18H2,1-3H3/t20-,24+/m1/s1. The van der Waals surface area contributed by atoms with E-state index in [1.54, 1.807) is 6.07 Å². The van der Waals surface area contributed by atoms with E-state index in [0.717, 1.165) is 41.9 Å². The van der Waals surface area contributed by atoms with Crippen LogP contribution in [0.4, 0.5) is 10.1 Å². The van der Waals surface area contributed by atoms with Gasteiger partial charge in [0.15, 0.2) is 0 Å². The lowest BCUT2D eigenvalue weighted by atomic mass is 9.93. The highest BCUT2D eigenvalue weighted by molar-refractivity contribution is 5.95. The summed E-state index contributed by atoms with van der Waals surface area (Å²) in [6, 6.07) is 15.6. The number of methoxy groups -OCH3 is 1. The summed E-state index contributed by atoms with van der Waals surface area (Å²) in [7, 11) is 1.40. The van der Waals surface area contributed by atoms with E-state index >= 15 is 4.39 Å². The zero-order valence-electron chi connectivity index (χ0n) is 24.3. The minimum atomic E-state index is -0.356. The number of amides is 1. The molecule has 42 heavy (non-hydrogen) atoms. The fourth-order valence-electron chi connectivity index (χ4n) is 6.81. The number of benzene rings is 2. The molecule has 2 aromatic heterocycles. The molecular weight excluding hydrogens is 531 g/mol. The van der Waals surface area contributed by atoms with Crippen LogP contribution in [0.5, 0.6) is 0 Å². The Kier molecular flexibility index (Phi) is 6.52. The van der Waals surface area contributed by atoms with Gasteiger partial charge in [-0.1, -0.05) is 24.3 Å². The van der Waals surface area contributed by atoms with Crippen molar-refractivity contribution in [1.82, 2.24) is 14.3 Å². The molecule has 2 aromatic carbocycles. The van der Waals surface area contributed by atoms with E-state index in [9.17, 15) is 9.59 Å². The van der Waals surface area contributed by atoms with Crippen LogP contribution in [0.25, 0.3) is 16.9 Å². The number of ether oxygens (including phenoxy) is 1. The highest BCUT2D eigenvalue weighted by Gasteiger charge is 2.33. The number of carbonyl (C=O) groups excluding carboxylic acids is 2. The average Bonchev–Trinajstić information content (AvgIpc) is 3.64. The van der Waals surface area contributed by atoms with Crippen LogP contribution in [-0.2, 0) is 16.0 Å². The van der Waals surface area contributed by atoms with Crippen LogP contribution in [0.1, 0.15) is 70.9 Å². The number of halogens is 1. The topological polar surface area (TPSA) is 67.2 Å². The number of esters is 1. The average molecular weight is 567 g/mol. The SMILES string of the molecule is COC(=O)[C@H]1CCN(c2ccc(-c3nc4c(C5CC5)cc(C(=O)N5CCc6ccccc6[C@H]5C)cn4c3C)c(F)c2)C1. The number of fused-ring (bicyclic) bond motifs is 2. The van der Waals surface area contributed by atoms with E-state index < -0.39 is 0 Å². The molecule has 2 fully saturated rings. The number of aryl methyl sites for hydroxylation is 1. The van der Waals surface area contributed by atoms with Crippen LogP contribution in [0.15, 0.2) is 54.7 Å². The second-order valence-electron chi connectivity index (χ2n) is 11.9. The van der Waals surface area contributed by atoms with Crippen molar-refractivity contribution < 1.29 is 18.7 Å². The fraction of sp³-hybridized carbons (Fsp3) is 0.382. The van der Waals surface area contributed by atoms with E-state index in [0.29, 0.717) is 48.8 Å². The maximum atomic E-state index is 15.7. The van der Waals surface area contributed by atoms with Crippen molar-refractivity contribution in [2.75, 3.05) is 31.6 Å². The molecule has 7 nitrogen and oxygen atoms in total. The Bertz CT molecular complexity index is 1730. The minimum Gasteiger partial charge on any atom is -0.469 e. The van der Waals surface area contributed by atoms with Gasteiger partial charge in [0.2, 0.25) is 0 Å². The highest BCUT2D eigenvalue weighted by Crippen LogP contribution is 2.43. The predicted molar refractivity (Wildman–Crippen MR) is 159 cm³/mol. The van der Waals surface area contributed by atoms with E-state index in [4.69, 9.17) is 9.72 Å². The third kappa shape index (κ3) is 4.44. The second-order valence-corrected chi connectivity index (χ2v) is 11.9. The Morgan fingerprint density at radius 1 is 1.02 bits per heavy atom. The van der Waals surface area contributed by atoms with Crippen LogP contribution in [0, 0.1) is 18.7 Å². The van der Waals surface area contributed by atoms with Crippen molar-refractivity contribution in [2.45, 2.75) is 51.5 Å². The molecule has 8 heteroatoms. The first kappa shape index (κ1) is 26.7. The van der Waals surface area contributed by atoms with E-state index in [1.165, 1.54) is 24.3 Å². The molecule has 0 N–H and O–H groups in total. The van der Waals surface area contributed by atoms with Gasteiger partial charge in [-0.25, -0.2) is 9.37 Å². The molecule has 7 rings (SSSR count). The number of nitrogens with zero attached hydrogens (tertiary/aromatic N) is 4. The first-order valence-electron chi connectivity index (χ1n) is 14.9. The van der Waals surface area contributed by atoms with Gasteiger partial charge in [-0.15, -0.1) is 0 Å². The maximum Gasteiger partial charge on any atom is 0.310 e. The molecule has 0 bridgehead atoms. The number of hydrogen-bond donors (Lipinski definition) is 0. The lowest BCUT2D eigenvalue weighted by Crippen LogP contribution is -2.39. The van der Waals surface area contributed by atoms with Gasteiger partial charge in [-0.2, -0.15) is 0 Å². The van der Waals surface area contributed by atoms with Gasteiger partial charge in [0.1, 0.15) is 11.5 Å². The molecule has 2 atom stereocenters. The molecule has 1 saturated heterocycles. The van der Waals surface area contributed by atoms with Crippen molar-refractivity contribution in [2.24, 2.45) is 5.92 Å². The second kappa shape index (κ2) is 10.3. The Balaban J connectivity index is 1.22. The molecule has 1 saturated carbocycles. The predicted octanol–water partition coefficient (Wildman–Crippen LogP) is 6.09. The largest absolute Gasteiger partial charge is 0.469 e. The third-order valence-electron chi connectivity index (χ3n) is 9.40. The molecule has 0 radical (unpaired) electrons. The van der Waals surface area contributed by atoms with Crippen molar-refractivity contribution in [3.8, 4) is 11.3 Å². The van der Waals surface area contributed by atoms with Crippen molar-refractivity contribution >= 4 is 23.2 Å². The molecule has 4 heterocycles. The minimum absolute atomic E-state index is 0.00640. The van der Waals surface area contributed by atoms with Crippen LogP contribution >= 0.6 is 0 Å². The first-order valence-corrected chi connectivity index (χ1v) is 14.9. The number of rotatable bonds is 5. The monoisotopic (exact) mass is 566 g/mol. The summed E-state index contributed by atoms with van der Waals surface area (Å²) in [6.07, 6.45) is 5.54. The zero-order chi connectivity index (χ0) is 29.1. The molecule has 216 valence electrons. The molecule has 3 aliphatic rings. The van der Waals surface area contributed by atoms with E-state index in [-0.39, 0.29) is 29.7 Å². The summed E-state index contributed by atoms with van der Waals surface area (Å²) in [5, 5.41) is 0. The summed E-state index contributed by atoms with van der Waals surface area (Å²) < 4.78 is 22.6. The van der Waals surface area contributed by atoms with Gasteiger partial charge in [-0.3, -0.25) is 9.59 Å². The van der Waals surface area contributed by atoms with Gasteiger partial charge in [0.25, 0.3) is 5.91 Å². The lowest BCUT2D eigenvalue weighted by molar-refractivity contribution is -0.144. The van der Waals surface area contributed by atoms with Crippen molar-refractivity contribution in [1.29, 1.82) is 0 Å². The Morgan fingerprint density at radius 3 is 2.60 bits per heavy atom. The van der Waals surface area contributed by atoms with Gasteiger partial charge in [0.05, 0.1) is 30.3 Å². The molecule has 0 unspecified atom stereocenters. The number of imidazole rings is 1. The zero-order valence-corrected chi connectivity index (χ0v) is 24.3. The summed E-state index contributed by atoms with van der Waals surface area (Å²) in [5.74, 6) is -0.398. The quantitative estimate of drug-likeness (QED) is 0.274. The molecular formula is C34H35FN4O3. The third-order valence-corrected chi connectivity index (χ3v) is 9.40. The van der Waals surface area contributed by atoms with Crippen LogP contribution in [0.2, 0.25) is 0 Å². The van der Waals surface area contributed by atoms with Crippen LogP contribution in [-0.4, -0.2) is 52.9 Å². The van der Waals surface area contributed by atoms with Crippen LogP contribution in [0.3, 0.4) is 0 Å². The normalized spacial score (nSPS) is 20.2. The number of carbonyl (C=O) groups is 2. The molecule has 4 aromatic rings. The number of hydrogen-bond acceptors (Lipinski definition) is 5. The van der Waals surface area contributed by atoms with Crippen LogP contribution < -0.4 is 4.90 Å². The summed E-state index contributed by atoms with van der Waals surface area (Å²) in [4.78, 5) is 34.9. The van der Waals surface area contributed by atoms with Gasteiger partial charge < -0.3 is 18.9 Å². The lowest BCUT2D eigenvalue weighted by Gasteiger charge is -2.35. The highest BCUT2D eigenvalue weighted by atomic mass is 19.1. The summed E-state index contributed by atoms with van der Waals surface area (Å²) in [6.45, 7) is 5.91. The first-order chi connectivity index (χ1) is 20.3. The fourth-order valence-corrected chi connectivity index (χ4v) is 6.81. The van der Waals surface area contributed by atoms with Gasteiger partial charge in [-0.05, 0) is 86.4 Å². The number of pyridine rings is 1. The molecule has 1 aliphatic carbocycles. The van der Waals surface area contributed by atoms with E-state index in [2.05, 4.69) is 25.1 Å². The van der Waals surface area contributed by atoms with E-state index in [1.807, 2.05) is 45.5 Å². The molecule has 0 spiro atoms. The van der Waals surface area contributed by atoms with Gasteiger partial charge in [0, 0.05) is 42.8 Å².